The highest BCUT2D eigenvalue weighted by Gasteiger charge is 2.72. The van der Waals surface area contributed by atoms with Gasteiger partial charge in [-0.2, -0.15) is 0 Å². The molecule has 12 atom stereocenters. The molecule has 0 bridgehead atoms. The lowest BCUT2D eigenvalue weighted by molar-refractivity contribution is -0.255. The lowest BCUT2D eigenvalue weighted by atomic mass is 9.33. The minimum absolute atomic E-state index is 0.0530. The van der Waals surface area contributed by atoms with Gasteiger partial charge in [0.2, 0.25) is 5.91 Å². The molecule has 4 fully saturated rings. The number of fused-ring (bicyclic) bond motifs is 7. The number of allylic oxidation sites excluding steroid dienone is 2. The van der Waals surface area contributed by atoms with Crippen LogP contribution in [0.5, 0.6) is 0 Å². The third-order valence-corrected chi connectivity index (χ3v) is 15.6. The smallest absolute Gasteiger partial charge is 0.303 e. The van der Waals surface area contributed by atoms with Crippen molar-refractivity contribution in [3.63, 3.8) is 0 Å². The molecule has 5 aliphatic rings. The molecule has 8 heteroatoms. The summed E-state index contributed by atoms with van der Waals surface area (Å²) in [6.07, 6.45) is 8.16. The van der Waals surface area contributed by atoms with Gasteiger partial charge in [-0.05, 0) is 103 Å². The van der Waals surface area contributed by atoms with Gasteiger partial charge < -0.3 is 19.5 Å². The molecule has 51 heavy (non-hydrogen) atoms. The molecule has 4 saturated carbocycles. The van der Waals surface area contributed by atoms with E-state index in [0.717, 1.165) is 50.5 Å². The van der Waals surface area contributed by atoms with E-state index in [1.807, 2.05) is 18.2 Å². The van der Waals surface area contributed by atoms with Crippen LogP contribution in [0.3, 0.4) is 0 Å². The second-order valence-electron chi connectivity index (χ2n) is 18.1. The largest absolute Gasteiger partial charge is 0.465 e. The van der Waals surface area contributed by atoms with Gasteiger partial charge in [-0.15, -0.1) is 0 Å². The fourth-order valence-corrected chi connectivity index (χ4v) is 12.9. The Morgan fingerprint density at radius 2 is 1.51 bits per heavy atom. The van der Waals surface area contributed by atoms with Crippen LogP contribution in [-0.4, -0.2) is 42.6 Å². The minimum atomic E-state index is -0.761. The maximum atomic E-state index is 14.5. The Morgan fingerprint density at radius 1 is 0.824 bits per heavy atom. The van der Waals surface area contributed by atoms with E-state index in [4.69, 9.17) is 14.2 Å². The van der Waals surface area contributed by atoms with Crippen molar-refractivity contribution in [3.8, 4) is 0 Å². The molecule has 0 heterocycles. The third kappa shape index (κ3) is 5.95. The zero-order valence-electron chi connectivity index (χ0n) is 32.4. The number of hydrogen-bond donors (Lipinski definition) is 1. The van der Waals surface area contributed by atoms with Crippen LogP contribution in [0.2, 0.25) is 0 Å². The summed E-state index contributed by atoms with van der Waals surface area (Å²) in [6.45, 7) is 18.9. The van der Waals surface area contributed by atoms with E-state index in [-0.39, 0.29) is 52.5 Å². The number of benzene rings is 1. The molecule has 0 saturated heterocycles. The Morgan fingerprint density at radius 3 is 2.16 bits per heavy atom. The van der Waals surface area contributed by atoms with E-state index < -0.39 is 35.0 Å². The van der Waals surface area contributed by atoms with Crippen LogP contribution in [0.15, 0.2) is 42.0 Å². The molecule has 0 radical (unpaired) electrons. The maximum Gasteiger partial charge on any atom is 0.303 e. The van der Waals surface area contributed by atoms with Gasteiger partial charge in [0.05, 0.1) is 5.41 Å². The zero-order chi connectivity index (χ0) is 37.1. The molecule has 0 aliphatic heterocycles. The maximum absolute atomic E-state index is 14.5. The van der Waals surface area contributed by atoms with Crippen molar-refractivity contribution in [2.24, 2.45) is 56.7 Å². The van der Waals surface area contributed by atoms with Crippen molar-refractivity contribution < 1.29 is 33.4 Å². The van der Waals surface area contributed by atoms with Crippen LogP contribution in [0.4, 0.5) is 0 Å². The first kappa shape index (κ1) is 37.6. The van der Waals surface area contributed by atoms with Crippen LogP contribution in [0, 0.1) is 56.7 Å². The summed E-state index contributed by atoms with van der Waals surface area (Å²) in [5, 5.41) is 3.40. The third-order valence-electron chi connectivity index (χ3n) is 15.6. The summed E-state index contributed by atoms with van der Waals surface area (Å²) in [7, 11) is 0. The van der Waals surface area contributed by atoms with Crippen LogP contribution < -0.4 is 5.32 Å². The van der Waals surface area contributed by atoms with Gasteiger partial charge in [-0.25, -0.2) is 0 Å². The number of hydrogen-bond acceptors (Lipinski definition) is 7. The molecule has 1 aromatic rings. The number of rotatable bonds is 7. The number of esters is 3. The van der Waals surface area contributed by atoms with Crippen molar-refractivity contribution in [2.45, 2.75) is 132 Å². The minimum Gasteiger partial charge on any atom is -0.465 e. The predicted molar refractivity (Wildman–Crippen MR) is 195 cm³/mol. The molecular weight excluding hydrogens is 642 g/mol. The highest BCUT2D eigenvalue weighted by atomic mass is 16.6. The quantitative estimate of drug-likeness (QED) is 0.174. The first-order valence-corrected chi connectivity index (χ1v) is 19.4. The van der Waals surface area contributed by atoms with Gasteiger partial charge in [-0.1, -0.05) is 83.5 Å². The average Bonchev–Trinajstić information content (AvgIpc) is 3.06. The van der Waals surface area contributed by atoms with Gasteiger partial charge in [0.15, 0.2) is 0 Å². The Balaban J connectivity index is 1.40. The molecule has 1 aromatic carbocycles. The molecule has 8 nitrogen and oxygen atoms in total. The summed E-state index contributed by atoms with van der Waals surface area (Å²) in [5.74, 6) is 0.314. The average molecular weight is 704 g/mol. The second kappa shape index (κ2) is 13.4. The molecule has 280 valence electrons. The van der Waals surface area contributed by atoms with E-state index in [1.165, 1.54) is 26.3 Å². The first-order chi connectivity index (χ1) is 23.9. The summed E-state index contributed by atoms with van der Waals surface area (Å²) in [6, 6.07) is 10.2. The Hall–Kier alpha value is -3.16. The van der Waals surface area contributed by atoms with Gasteiger partial charge in [-0.3, -0.25) is 19.2 Å². The van der Waals surface area contributed by atoms with Crippen molar-refractivity contribution >= 4 is 23.8 Å². The monoisotopic (exact) mass is 703 g/mol. The van der Waals surface area contributed by atoms with Gasteiger partial charge >= 0.3 is 17.9 Å². The normalized spacial score (nSPS) is 42.8. The molecule has 1 amide bonds. The topological polar surface area (TPSA) is 108 Å². The number of amides is 1. The number of nitrogens with one attached hydrogen (secondary N) is 1. The zero-order valence-corrected chi connectivity index (χ0v) is 32.4. The molecule has 0 aromatic heterocycles. The number of ether oxygens (including phenoxy) is 3. The second-order valence-corrected chi connectivity index (χ2v) is 18.1. The van der Waals surface area contributed by atoms with Crippen molar-refractivity contribution in [2.75, 3.05) is 6.61 Å². The van der Waals surface area contributed by atoms with Crippen LogP contribution in [0.1, 0.15) is 119 Å². The van der Waals surface area contributed by atoms with Crippen molar-refractivity contribution in [3.05, 3.63) is 47.5 Å². The van der Waals surface area contributed by atoms with Gasteiger partial charge in [0, 0.05) is 32.7 Å². The lowest BCUT2D eigenvalue weighted by Gasteiger charge is -2.72. The van der Waals surface area contributed by atoms with E-state index in [9.17, 15) is 19.2 Å². The summed E-state index contributed by atoms with van der Waals surface area (Å²) >= 11 is 0. The SMILES string of the molecule is CC(=O)OC[C@@]1(C)[C@@H]2CC[C@]3(C)[C@H](CC=C4[C@@H]5[C@@H](C)[C@H](C)CC[C@]5(C(=O)NCc5ccccc5)CC[C@]43C)[C@@]2(C)C[C@@H](OC(C)=O)[C@@H]1OC(C)=O. The molecule has 0 unspecified atom stereocenters. The molecule has 6 rings (SSSR count). The van der Waals surface area contributed by atoms with Gasteiger partial charge in [0.25, 0.3) is 0 Å². The molecule has 5 aliphatic carbocycles. The Kier molecular flexibility index (Phi) is 9.85. The van der Waals surface area contributed by atoms with E-state index in [2.05, 4.69) is 65.1 Å². The van der Waals surface area contributed by atoms with E-state index in [1.54, 1.807) is 0 Å². The molecule has 1 N–H and O–H groups in total. The standard InChI is InChI=1S/C43H61NO7/c1-26-17-20-43(38(48)44-24-31-13-11-10-12-14-31)22-21-41(8)32(36(43)27(26)2)15-16-35-39(6)23-33(50-29(4)46)37(51-30(5)47)40(7,25-49-28(3)45)34(39)18-19-42(35,41)9/h10-15,26-27,33-37H,16-25H2,1-9H3,(H,44,48)/t26-,27+,33-,34-,35-,36+,37+,39+,40+,41-,42-,43+/m1/s1. The predicted octanol–water partition coefficient (Wildman–Crippen LogP) is 7.98. The van der Waals surface area contributed by atoms with Crippen molar-refractivity contribution in [1.29, 1.82) is 0 Å². The van der Waals surface area contributed by atoms with Crippen molar-refractivity contribution in [1.82, 2.24) is 5.32 Å². The Bertz CT molecular complexity index is 1570. The Labute approximate surface area is 305 Å². The molecule has 0 spiro atoms. The highest BCUT2D eigenvalue weighted by molar-refractivity contribution is 5.84. The summed E-state index contributed by atoms with van der Waals surface area (Å²) in [4.78, 5) is 51.9. The van der Waals surface area contributed by atoms with Crippen LogP contribution in [-0.2, 0) is 39.9 Å². The summed E-state index contributed by atoms with van der Waals surface area (Å²) in [5.41, 5.74) is 0.883. The molecular formula is C43H61NO7. The summed E-state index contributed by atoms with van der Waals surface area (Å²) < 4.78 is 17.8. The van der Waals surface area contributed by atoms with Crippen LogP contribution in [0.25, 0.3) is 0 Å². The van der Waals surface area contributed by atoms with Gasteiger partial charge in [0.1, 0.15) is 18.8 Å². The van der Waals surface area contributed by atoms with Crippen LogP contribution >= 0.6 is 0 Å². The van der Waals surface area contributed by atoms with E-state index in [0.29, 0.717) is 24.8 Å². The first-order valence-electron chi connectivity index (χ1n) is 19.4. The number of carbonyl (C=O) groups is 4. The van der Waals surface area contributed by atoms with E-state index >= 15 is 0 Å². The fourth-order valence-electron chi connectivity index (χ4n) is 12.9. The lowest BCUT2D eigenvalue weighted by Crippen LogP contribution is -2.69. The fraction of sp³-hybridized carbons (Fsp3) is 0.721. The number of carbonyl (C=O) groups excluding carboxylic acids is 4. The highest BCUT2D eigenvalue weighted by Crippen LogP contribution is 2.76.